The molecule has 0 aliphatic carbocycles. The van der Waals surface area contributed by atoms with E-state index in [1.165, 1.54) is 18.0 Å². The van der Waals surface area contributed by atoms with Crippen LogP contribution < -0.4 is 10.2 Å². The lowest BCUT2D eigenvalue weighted by molar-refractivity contribution is -0.114. The number of amides is 1. The molecule has 1 amide bonds. The number of rotatable bonds is 5. The summed E-state index contributed by atoms with van der Waals surface area (Å²) in [6.07, 6.45) is -0.588. The fraction of sp³-hybridized carbons (Fsp3) is 0.333. The maximum absolute atomic E-state index is 11.3. The molecule has 1 aliphatic heterocycles. The molecule has 2 heterocycles. The van der Waals surface area contributed by atoms with Crippen LogP contribution in [0.15, 0.2) is 54.6 Å². The third-order valence-corrected chi connectivity index (χ3v) is 5.58. The maximum Gasteiger partial charge on any atom is 0.221 e. The number of nitrogens with zero attached hydrogens (tertiary/aromatic N) is 3. The minimum atomic E-state index is -0.588. The molecule has 156 valence electrons. The van der Waals surface area contributed by atoms with Gasteiger partial charge in [-0.15, -0.1) is 0 Å². The molecule has 30 heavy (non-hydrogen) atoms. The van der Waals surface area contributed by atoms with E-state index in [-0.39, 0.29) is 5.91 Å². The molecule has 6 heteroatoms. The van der Waals surface area contributed by atoms with Crippen LogP contribution in [0.4, 0.5) is 11.4 Å². The van der Waals surface area contributed by atoms with Crippen LogP contribution in [-0.2, 0) is 4.79 Å². The van der Waals surface area contributed by atoms with E-state index in [2.05, 4.69) is 50.4 Å². The molecule has 1 aliphatic rings. The van der Waals surface area contributed by atoms with Gasteiger partial charge in [0, 0.05) is 62.1 Å². The van der Waals surface area contributed by atoms with E-state index < -0.39 is 6.10 Å². The second-order valence-corrected chi connectivity index (χ2v) is 7.91. The zero-order valence-corrected chi connectivity index (χ0v) is 17.5. The number of aliphatic hydroxyl groups is 1. The highest BCUT2D eigenvalue weighted by atomic mass is 16.3. The van der Waals surface area contributed by atoms with Crippen molar-refractivity contribution in [3.63, 3.8) is 0 Å². The van der Waals surface area contributed by atoms with Crippen LogP contribution in [0.5, 0.6) is 0 Å². The Balaban J connectivity index is 1.39. The van der Waals surface area contributed by atoms with Crippen molar-refractivity contribution in [2.24, 2.45) is 0 Å². The van der Waals surface area contributed by atoms with Gasteiger partial charge in [0.1, 0.15) is 0 Å². The molecule has 0 radical (unpaired) electrons. The van der Waals surface area contributed by atoms with E-state index in [1.54, 1.807) is 0 Å². The molecular weight excluding hydrogens is 376 g/mol. The zero-order valence-electron chi connectivity index (χ0n) is 17.5. The van der Waals surface area contributed by atoms with Crippen molar-refractivity contribution < 1.29 is 9.90 Å². The topological polar surface area (TPSA) is 68.7 Å². The number of hydrogen-bond acceptors (Lipinski definition) is 5. The Hall–Kier alpha value is -2.96. The van der Waals surface area contributed by atoms with Crippen LogP contribution in [0.2, 0.25) is 0 Å². The van der Waals surface area contributed by atoms with Crippen LogP contribution in [0.3, 0.4) is 0 Å². The second kappa shape index (κ2) is 8.81. The molecule has 3 aromatic rings. The van der Waals surface area contributed by atoms with Gasteiger partial charge in [-0.3, -0.25) is 14.7 Å². The molecule has 2 N–H and O–H groups in total. The molecule has 0 spiro atoms. The lowest BCUT2D eigenvalue weighted by Gasteiger charge is -2.37. The molecule has 1 aromatic heterocycles. The minimum absolute atomic E-state index is 0.114. The first-order valence-corrected chi connectivity index (χ1v) is 10.4. The zero-order chi connectivity index (χ0) is 21.1. The van der Waals surface area contributed by atoms with Crippen molar-refractivity contribution in [1.82, 2.24) is 9.88 Å². The van der Waals surface area contributed by atoms with Gasteiger partial charge < -0.3 is 15.3 Å². The van der Waals surface area contributed by atoms with E-state index in [4.69, 9.17) is 0 Å². The summed E-state index contributed by atoms with van der Waals surface area (Å²) in [7, 11) is 0. The first-order chi connectivity index (χ1) is 14.5. The van der Waals surface area contributed by atoms with Crippen molar-refractivity contribution in [3.8, 4) is 0 Å². The second-order valence-electron chi connectivity index (χ2n) is 7.91. The molecule has 2 aromatic carbocycles. The summed E-state index contributed by atoms with van der Waals surface area (Å²) in [4.78, 5) is 20.6. The van der Waals surface area contributed by atoms with Gasteiger partial charge in [0.25, 0.3) is 0 Å². The van der Waals surface area contributed by atoms with Crippen LogP contribution in [0, 0.1) is 6.92 Å². The molecule has 6 nitrogen and oxygen atoms in total. The van der Waals surface area contributed by atoms with Crippen molar-refractivity contribution in [1.29, 1.82) is 0 Å². The molecule has 0 bridgehead atoms. The number of pyridine rings is 1. The Kier molecular flexibility index (Phi) is 5.97. The summed E-state index contributed by atoms with van der Waals surface area (Å²) >= 11 is 0. The first-order valence-electron chi connectivity index (χ1n) is 10.4. The number of piperazine rings is 1. The number of hydrogen-bond donors (Lipinski definition) is 2. The summed E-state index contributed by atoms with van der Waals surface area (Å²) in [6, 6.07) is 18.0. The first kappa shape index (κ1) is 20.3. The lowest BCUT2D eigenvalue weighted by atomic mass is 10.1. The quantitative estimate of drug-likeness (QED) is 0.683. The Morgan fingerprint density at radius 3 is 2.63 bits per heavy atom. The van der Waals surface area contributed by atoms with Crippen LogP contribution in [-0.4, -0.2) is 53.6 Å². The van der Waals surface area contributed by atoms with Gasteiger partial charge in [-0.2, -0.15) is 0 Å². The standard InChI is InChI=1S/C24H28N4O2/c1-17-9-10-21-22(25-17)7-4-8-23(21)28-13-11-27(12-14-28)16-24(30)19-5-3-6-20(15-19)26-18(2)29/h3-10,15,24,30H,11-14,16H2,1-2H3,(H,26,29). The highest BCUT2D eigenvalue weighted by molar-refractivity contribution is 5.92. The summed E-state index contributed by atoms with van der Waals surface area (Å²) in [5.41, 5.74) is 4.82. The van der Waals surface area contributed by atoms with Crippen LogP contribution >= 0.6 is 0 Å². The van der Waals surface area contributed by atoms with Crippen LogP contribution in [0.25, 0.3) is 10.9 Å². The average Bonchev–Trinajstić information content (AvgIpc) is 2.73. The summed E-state index contributed by atoms with van der Waals surface area (Å²) in [5.74, 6) is -0.114. The molecular formula is C24H28N4O2. The summed E-state index contributed by atoms with van der Waals surface area (Å²) in [6.45, 7) is 7.67. The van der Waals surface area contributed by atoms with Gasteiger partial charge in [-0.05, 0) is 48.9 Å². The molecule has 0 saturated carbocycles. The summed E-state index contributed by atoms with van der Waals surface area (Å²) in [5, 5.41) is 14.7. The third-order valence-electron chi connectivity index (χ3n) is 5.58. The van der Waals surface area contributed by atoms with Crippen LogP contribution in [0.1, 0.15) is 24.3 Å². The SMILES string of the molecule is CC(=O)Nc1cccc(C(O)CN2CCN(c3cccc4nc(C)ccc34)CC2)c1. The Morgan fingerprint density at radius 1 is 1.10 bits per heavy atom. The smallest absolute Gasteiger partial charge is 0.221 e. The third kappa shape index (κ3) is 4.61. The van der Waals surface area contributed by atoms with Crippen molar-refractivity contribution in [2.45, 2.75) is 20.0 Å². The van der Waals surface area contributed by atoms with E-state index in [0.717, 1.165) is 43.0 Å². The van der Waals surface area contributed by atoms with Crippen molar-refractivity contribution in [2.75, 3.05) is 42.9 Å². The Bertz CT molecular complexity index is 1040. The largest absolute Gasteiger partial charge is 0.387 e. The van der Waals surface area contributed by atoms with Crippen molar-refractivity contribution >= 4 is 28.2 Å². The molecule has 1 unspecified atom stereocenters. The maximum atomic E-state index is 11.3. The predicted octanol–water partition coefficient (Wildman–Crippen LogP) is 3.36. The van der Waals surface area contributed by atoms with Gasteiger partial charge in [0.2, 0.25) is 5.91 Å². The Labute approximate surface area is 177 Å². The average molecular weight is 405 g/mol. The fourth-order valence-electron chi connectivity index (χ4n) is 4.06. The number of fused-ring (bicyclic) bond motifs is 1. The van der Waals surface area contributed by atoms with E-state index in [9.17, 15) is 9.90 Å². The highest BCUT2D eigenvalue weighted by Gasteiger charge is 2.21. The summed E-state index contributed by atoms with van der Waals surface area (Å²) < 4.78 is 0. The van der Waals surface area contributed by atoms with Crippen molar-refractivity contribution in [3.05, 3.63) is 65.9 Å². The number of aliphatic hydroxyl groups excluding tert-OH is 1. The number of aryl methyl sites for hydroxylation is 1. The van der Waals surface area contributed by atoms with E-state index >= 15 is 0 Å². The van der Waals surface area contributed by atoms with E-state index in [0.29, 0.717) is 12.2 Å². The normalized spacial score (nSPS) is 15.9. The molecule has 4 rings (SSSR count). The Morgan fingerprint density at radius 2 is 1.87 bits per heavy atom. The number of carbonyl (C=O) groups excluding carboxylic acids is 1. The highest BCUT2D eigenvalue weighted by Crippen LogP contribution is 2.27. The number of anilines is 2. The number of carbonyl (C=O) groups is 1. The van der Waals surface area contributed by atoms with E-state index in [1.807, 2.05) is 31.2 Å². The number of aromatic nitrogens is 1. The number of β-amino-alcohol motifs (C(OH)–C–C–N with tert-alkyl or cyclic N) is 1. The fourth-order valence-corrected chi connectivity index (χ4v) is 4.06. The monoisotopic (exact) mass is 404 g/mol. The number of benzene rings is 2. The van der Waals surface area contributed by atoms with Gasteiger partial charge >= 0.3 is 0 Å². The predicted molar refractivity (Wildman–Crippen MR) is 121 cm³/mol. The molecule has 1 atom stereocenters. The molecule has 1 saturated heterocycles. The molecule has 1 fully saturated rings. The number of nitrogens with one attached hydrogen (secondary N) is 1. The lowest BCUT2D eigenvalue weighted by Crippen LogP contribution is -2.47. The van der Waals surface area contributed by atoms with Gasteiger partial charge in [0.15, 0.2) is 0 Å². The van der Waals surface area contributed by atoms with Gasteiger partial charge in [-0.25, -0.2) is 0 Å². The van der Waals surface area contributed by atoms with Gasteiger partial charge in [-0.1, -0.05) is 18.2 Å². The minimum Gasteiger partial charge on any atom is -0.387 e. The van der Waals surface area contributed by atoms with Gasteiger partial charge in [0.05, 0.1) is 11.6 Å².